The molecule has 48 heavy (non-hydrogen) atoms. The van der Waals surface area contributed by atoms with Crippen molar-refractivity contribution in [2.24, 2.45) is 0 Å². The van der Waals surface area contributed by atoms with E-state index in [2.05, 4.69) is 130 Å². The lowest BCUT2D eigenvalue weighted by molar-refractivity contribution is 0.346. The number of benzene rings is 5. The Hall–Kier alpha value is -4.50. The van der Waals surface area contributed by atoms with Crippen LogP contribution in [-0.2, 0) is 10.8 Å². The van der Waals surface area contributed by atoms with Gasteiger partial charge in [-0.05, 0) is 111 Å². The van der Waals surface area contributed by atoms with Crippen molar-refractivity contribution < 1.29 is 14.9 Å². The van der Waals surface area contributed by atoms with Gasteiger partial charge in [0.2, 0.25) is 0 Å². The van der Waals surface area contributed by atoms with E-state index in [-0.39, 0.29) is 10.8 Å². The number of para-hydroxylation sites is 3. The van der Waals surface area contributed by atoms with E-state index in [0.29, 0.717) is 11.5 Å². The average Bonchev–Trinajstić information content (AvgIpc) is 3.00. The van der Waals surface area contributed by atoms with E-state index < -0.39 is 0 Å². The lowest BCUT2D eigenvalue weighted by Gasteiger charge is -2.34. The molecular formula is C45H54O3. The highest BCUT2D eigenvalue weighted by Gasteiger charge is 2.32. The molecule has 5 aromatic carbocycles. The van der Waals surface area contributed by atoms with Crippen molar-refractivity contribution in [3.05, 3.63) is 136 Å². The molecule has 0 saturated carbocycles. The SMILES string of the molecule is COc1c(-c2c(C)cc(C)cc2C)cccc1C(C)(C)CCC(C)(C)c1cccc(-c2c(C)cc(C)cc2C)c1O.Oc1ccccc1. The second-order valence-electron chi connectivity index (χ2n) is 14.7. The van der Waals surface area contributed by atoms with E-state index in [0.717, 1.165) is 40.8 Å². The Balaban J connectivity index is 0.000000659. The molecule has 0 amide bonds. The molecule has 2 N–H and O–H groups in total. The molecular weight excluding hydrogens is 588 g/mol. The van der Waals surface area contributed by atoms with Gasteiger partial charge < -0.3 is 14.9 Å². The summed E-state index contributed by atoms with van der Waals surface area (Å²) in [6.45, 7) is 22.1. The van der Waals surface area contributed by atoms with E-state index in [9.17, 15) is 5.11 Å². The third-order valence-electron chi connectivity index (χ3n) is 9.74. The normalized spacial score (nSPS) is 11.6. The Bertz CT molecular complexity index is 1830. The highest BCUT2D eigenvalue weighted by Crippen LogP contribution is 2.47. The number of aromatic hydroxyl groups is 2. The zero-order valence-electron chi connectivity index (χ0n) is 30.9. The third kappa shape index (κ3) is 7.96. The summed E-state index contributed by atoms with van der Waals surface area (Å²) >= 11 is 0. The molecule has 3 heteroatoms. The van der Waals surface area contributed by atoms with E-state index >= 15 is 0 Å². The number of ether oxygens (including phenoxy) is 1. The summed E-state index contributed by atoms with van der Waals surface area (Å²) in [5, 5.41) is 20.3. The van der Waals surface area contributed by atoms with Crippen LogP contribution in [0.2, 0.25) is 0 Å². The number of methoxy groups -OCH3 is 1. The van der Waals surface area contributed by atoms with Crippen molar-refractivity contribution >= 4 is 0 Å². The molecule has 0 spiro atoms. The number of hydrogen-bond acceptors (Lipinski definition) is 3. The third-order valence-corrected chi connectivity index (χ3v) is 9.74. The van der Waals surface area contributed by atoms with Crippen LogP contribution in [0.5, 0.6) is 17.2 Å². The topological polar surface area (TPSA) is 49.7 Å². The molecule has 0 aliphatic heterocycles. The second-order valence-corrected chi connectivity index (χ2v) is 14.7. The van der Waals surface area contributed by atoms with Gasteiger partial charge in [-0.1, -0.05) is 118 Å². The zero-order chi connectivity index (χ0) is 35.4. The van der Waals surface area contributed by atoms with Crippen molar-refractivity contribution in [2.75, 3.05) is 7.11 Å². The molecule has 252 valence electrons. The molecule has 0 unspecified atom stereocenters. The Morgan fingerprint density at radius 3 is 1.38 bits per heavy atom. The van der Waals surface area contributed by atoms with Gasteiger partial charge in [0, 0.05) is 22.3 Å². The number of rotatable bonds is 8. The predicted molar refractivity (Wildman–Crippen MR) is 204 cm³/mol. The minimum atomic E-state index is -0.223. The summed E-state index contributed by atoms with van der Waals surface area (Å²) in [7, 11) is 1.79. The van der Waals surface area contributed by atoms with E-state index in [1.54, 1.807) is 31.4 Å². The molecule has 0 atom stereocenters. The molecule has 0 bridgehead atoms. The van der Waals surface area contributed by atoms with Gasteiger partial charge in [0.25, 0.3) is 0 Å². The zero-order valence-corrected chi connectivity index (χ0v) is 30.9. The van der Waals surface area contributed by atoms with Gasteiger partial charge in [-0.3, -0.25) is 0 Å². The summed E-state index contributed by atoms with van der Waals surface area (Å²) in [4.78, 5) is 0. The van der Waals surface area contributed by atoms with Crippen LogP contribution in [0.3, 0.4) is 0 Å². The van der Waals surface area contributed by atoms with Crippen molar-refractivity contribution in [1.29, 1.82) is 0 Å². The molecule has 5 rings (SSSR count). The van der Waals surface area contributed by atoms with Gasteiger partial charge in [0.1, 0.15) is 17.2 Å². The Morgan fingerprint density at radius 1 is 0.521 bits per heavy atom. The second kappa shape index (κ2) is 14.7. The lowest BCUT2D eigenvalue weighted by Crippen LogP contribution is -2.25. The van der Waals surface area contributed by atoms with Gasteiger partial charge in [-0.2, -0.15) is 0 Å². The molecule has 0 aromatic heterocycles. The van der Waals surface area contributed by atoms with Gasteiger partial charge >= 0.3 is 0 Å². The number of phenolic OH excluding ortho intramolecular Hbond substituents is 2. The van der Waals surface area contributed by atoms with Crippen LogP contribution < -0.4 is 4.74 Å². The molecule has 0 heterocycles. The highest BCUT2D eigenvalue weighted by molar-refractivity contribution is 5.79. The summed E-state index contributed by atoms with van der Waals surface area (Å²) in [5.74, 6) is 1.68. The van der Waals surface area contributed by atoms with Gasteiger partial charge in [0.05, 0.1) is 7.11 Å². The Kier molecular flexibility index (Phi) is 11.1. The first-order chi connectivity index (χ1) is 22.6. The van der Waals surface area contributed by atoms with Crippen molar-refractivity contribution in [3.63, 3.8) is 0 Å². The number of aryl methyl sites for hydroxylation is 6. The van der Waals surface area contributed by atoms with Crippen LogP contribution in [0.1, 0.15) is 85.0 Å². The first kappa shape index (κ1) is 36.3. The fourth-order valence-corrected chi connectivity index (χ4v) is 7.31. The Labute approximate surface area is 289 Å². The van der Waals surface area contributed by atoms with Crippen molar-refractivity contribution in [1.82, 2.24) is 0 Å². The maximum absolute atomic E-state index is 11.6. The van der Waals surface area contributed by atoms with Crippen LogP contribution in [0.15, 0.2) is 91.0 Å². The molecule has 0 fully saturated rings. The van der Waals surface area contributed by atoms with Crippen LogP contribution >= 0.6 is 0 Å². The van der Waals surface area contributed by atoms with Crippen LogP contribution in [0, 0.1) is 41.5 Å². The first-order valence-corrected chi connectivity index (χ1v) is 17.0. The largest absolute Gasteiger partial charge is 0.508 e. The summed E-state index contributed by atoms with van der Waals surface area (Å²) in [6.07, 6.45) is 1.86. The molecule has 0 saturated heterocycles. The molecule has 0 aliphatic carbocycles. The van der Waals surface area contributed by atoms with E-state index in [1.165, 1.54) is 44.5 Å². The first-order valence-electron chi connectivity index (χ1n) is 17.0. The van der Waals surface area contributed by atoms with E-state index in [4.69, 9.17) is 9.84 Å². The van der Waals surface area contributed by atoms with Gasteiger partial charge in [-0.25, -0.2) is 0 Å². The van der Waals surface area contributed by atoms with Gasteiger partial charge in [-0.15, -0.1) is 0 Å². The minimum Gasteiger partial charge on any atom is -0.508 e. The highest BCUT2D eigenvalue weighted by atomic mass is 16.5. The van der Waals surface area contributed by atoms with Crippen molar-refractivity contribution in [3.8, 4) is 39.5 Å². The number of hydrogen-bond donors (Lipinski definition) is 2. The molecule has 0 aliphatic rings. The lowest BCUT2D eigenvalue weighted by atomic mass is 9.71. The fraction of sp³-hybridized carbons (Fsp3) is 0.333. The van der Waals surface area contributed by atoms with Crippen LogP contribution in [0.25, 0.3) is 22.3 Å². The quantitative estimate of drug-likeness (QED) is 0.177. The maximum Gasteiger partial charge on any atom is 0.130 e. The monoisotopic (exact) mass is 642 g/mol. The molecule has 3 nitrogen and oxygen atoms in total. The van der Waals surface area contributed by atoms with Crippen LogP contribution in [0.4, 0.5) is 0 Å². The summed E-state index contributed by atoms with van der Waals surface area (Å²) in [6, 6.07) is 30.4. The molecule has 0 radical (unpaired) electrons. The van der Waals surface area contributed by atoms with Crippen LogP contribution in [-0.4, -0.2) is 17.3 Å². The Morgan fingerprint density at radius 2 is 0.938 bits per heavy atom. The molecule has 5 aromatic rings. The van der Waals surface area contributed by atoms with Gasteiger partial charge in [0.15, 0.2) is 0 Å². The van der Waals surface area contributed by atoms with E-state index in [1.807, 2.05) is 6.07 Å². The minimum absolute atomic E-state index is 0.136. The summed E-state index contributed by atoms with van der Waals surface area (Å²) in [5.41, 5.74) is 13.8. The number of phenols is 2. The average molecular weight is 643 g/mol. The smallest absolute Gasteiger partial charge is 0.130 e. The van der Waals surface area contributed by atoms with Crippen molar-refractivity contribution in [2.45, 2.75) is 92.9 Å². The standard InChI is InChI=1S/C39H48O2.C6H6O/c1-24-20-26(3)34(27(4)21-24)30-14-12-16-32(36(30)40)38(7,8)18-19-39(9,10)33-17-13-15-31(37(33)41-11)35-28(5)22-25(2)23-29(35)6;7-6-4-2-1-3-5-6/h12-17,20-23,40H,18-19H2,1-11H3;1-5,7H. The maximum atomic E-state index is 11.6. The fourth-order valence-electron chi connectivity index (χ4n) is 7.31. The summed E-state index contributed by atoms with van der Waals surface area (Å²) < 4.78 is 6.15. The predicted octanol–water partition coefficient (Wildman–Crippen LogP) is 12.0.